The minimum atomic E-state index is -0.549. The molecule has 1 aliphatic rings. The van der Waals surface area contributed by atoms with E-state index in [9.17, 15) is 9.59 Å². The molecule has 2 amide bonds. The van der Waals surface area contributed by atoms with Crippen LogP contribution in [-0.4, -0.2) is 46.7 Å². The zero-order valence-electron chi connectivity index (χ0n) is 8.64. The monoisotopic (exact) mass is 225 g/mol. The zero-order chi connectivity index (χ0) is 11.7. The van der Waals surface area contributed by atoms with Gasteiger partial charge >= 0.3 is 0 Å². The maximum absolute atomic E-state index is 11.6. The van der Waals surface area contributed by atoms with Gasteiger partial charge in [-0.15, -0.1) is 0 Å². The van der Waals surface area contributed by atoms with E-state index in [0.717, 1.165) is 0 Å². The number of nitrogens with zero attached hydrogens (tertiary/aromatic N) is 3. The molecule has 1 aliphatic heterocycles. The second-order valence-electron chi connectivity index (χ2n) is 3.57. The maximum Gasteiger partial charge on any atom is 0.278 e. The highest BCUT2D eigenvalue weighted by Crippen LogP contribution is 2.10. The summed E-state index contributed by atoms with van der Waals surface area (Å²) >= 11 is 0. The van der Waals surface area contributed by atoms with Crippen LogP contribution in [0, 0.1) is 0 Å². The Morgan fingerprint density at radius 3 is 2.88 bits per heavy atom. The number of likely N-dealkylation sites (tertiary alicyclic amines) is 1. The summed E-state index contributed by atoms with van der Waals surface area (Å²) in [5.41, 5.74) is 5.26. The van der Waals surface area contributed by atoms with E-state index < -0.39 is 11.9 Å². The molecule has 16 heavy (non-hydrogen) atoms. The number of aromatic nitrogens is 2. The smallest absolute Gasteiger partial charge is 0.278 e. The molecule has 8 nitrogen and oxygen atoms in total. The number of carbonyl (C=O) groups excluding carboxylic acids is 2. The van der Waals surface area contributed by atoms with Crippen molar-refractivity contribution in [3.63, 3.8) is 0 Å². The third kappa shape index (κ3) is 1.69. The molecular formula is C8H11N5O3. The molecule has 0 radical (unpaired) electrons. The fraction of sp³-hybridized carbons (Fsp3) is 0.500. The maximum atomic E-state index is 11.6. The van der Waals surface area contributed by atoms with E-state index in [-0.39, 0.29) is 17.4 Å². The lowest BCUT2D eigenvalue weighted by molar-refractivity contribution is -0.128. The number of nitrogen functional groups attached to an aromatic ring is 1. The van der Waals surface area contributed by atoms with Crippen LogP contribution >= 0.6 is 0 Å². The SMILES string of the molecule is CN1CCC(NC(=O)c2nonc2N)C1=O. The molecule has 0 saturated carbocycles. The van der Waals surface area contributed by atoms with Crippen LogP contribution < -0.4 is 11.1 Å². The Bertz CT molecular complexity index is 429. The highest BCUT2D eigenvalue weighted by atomic mass is 16.6. The number of rotatable bonds is 2. The molecule has 0 aromatic carbocycles. The molecule has 1 unspecified atom stereocenters. The number of nitrogens with two attached hydrogens (primary N) is 1. The molecule has 1 aromatic heterocycles. The number of hydrogen-bond acceptors (Lipinski definition) is 6. The topological polar surface area (TPSA) is 114 Å². The van der Waals surface area contributed by atoms with Crippen molar-refractivity contribution in [3.05, 3.63) is 5.69 Å². The number of hydrogen-bond donors (Lipinski definition) is 2. The fourth-order valence-corrected chi connectivity index (χ4v) is 1.54. The van der Waals surface area contributed by atoms with Crippen LogP contribution in [0.2, 0.25) is 0 Å². The van der Waals surface area contributed by atoms with Crippen molar-refractivity contribution < 1.29 is 14.2 Å². The molecular weight excluding hydrogens is 214 g/mol. The molecule has 8 heteroatoms. The summed E-state index contributed by atoms with van der Waals surface area (Å²) in [7, 11) is 1.68. The van der Waals surface area contributed by atoms with Crippen molar-refractivity contribution >= 4 is 17.6 Å². The first-order valence-corrected chi connectivity index (χ1v) is 4.73. The lowest BCUT2D eigenvalue weighted by Gasteiger charge is -2.10. The average molecular weight is 225 g/mol. The molecule has 1 aromatic rings. The first-order chi connectivity index (χ1) is 7.59. The number of anilines is 1. The third-order valence-electron chi connectivity index (χ3n) is 2.46. The summed E-state index contributed by atoms with van der Waals surface area (Å²) in [6, 6.07) is -0.520. The van der Waals surface area contributed by atoms with E-state index in [4.69, 9.17) is 5.73 Å². The highest BCUT2D eigenvalue weighted by molar-refractivity contribution is 5.99. The summed E-state index contributed by atoms with van der Waals surface area (Å²) in [5.74, 6) is -0.757. The van der Waals surface area contributed by atoms with Gasteiger partial charge in [0.05, 0.1) is 0 Å². The minimum absolute atomic E-state index is 0.0868. The largest absolute Gasteiger partial charge is 0.379 e. The van der Waals surface area contributed by atoms with Crippen molar-refractivity contribution in [2.24, 2.45) is 0 Å². The van der Waals surface area contributed by atoms with Crippen molar-refractivity contribution in [2.75, 3.05) is 19.3 Å². The summed E-state index contributed by atoms with van der Waals surface area (Å²) in [6.45, 7) is 0.621. The van der Waals surface area contributed by atoms with Gasteiger partial charge in [-0.2, -0.15) is 0 Å². The lowest BCUT2D eigenvalue weighted by atomic mass is 10.2. The highest BCUT2D eigenvalue weighted by Gasteiger charge is 2.31. The average Bonchev–Trinajstić information content (AvgIpc) is 2.79. The standard InChI is InChI=1S/C8H11N5O3/c1-13-3-2-4(8(13)15)10-7(14)5-6(9)12-16-11-5/h4H,2-3H2,1H3,(H2,9,12)(H,10,14). The molecule has 2 heterocycles. The molecule has 1 fully saturated rings. The Hall–Kier alpha value is -2.12. The number of amides is 2. The molecule has 1 atom stereocenters. The number of nitrogens with one attached hydrogen (secondary N) is 1. The normalized spacial score (nSPS) is 20.2. The van der Waals surface area contributed by atoms with Crippen molar-refractivity contribution in [2.45, 2.75) is 12.5 Å². The molecule has 2 rings (SSSR count). The van der Waals surface area contributed by atoms with Crippen molar-refractivity contribution in [1.29, 1.82) is 0 Å². The second-order valence-corrected chi connectivity index (χ2v) is 3.57. The fourth-order valence-electron chi connectivity index (χ4n) is 1.54. The summed E-state index contributed by atoms with van der Waals surface area (Å²) in [5, 5.41) is 9.17. The van der Waals surface area contributed by atoms with Gasteiger partial charge in [-0.25, -0.2) is 4.63 Å². The number of likely N-dealkylation sites (N-methyl/N-ethyl adjacent to an activating group) is 1. The van der Waals surface area contributed by atoms with Gasteiger partial charge in [0.2, 0.25) is 17.4 Å². The predicted molar refractivity (Wildman–Crippen MR) is 52.2 cm³/mol. The van der Waals surface area contributed by atoms with E-state index in [0.29, 0.717) is 13.0 Å². The van der Waals surface area contributed by atoms with Gasteiger partial charge in [0.25, 0.3) is 5.91 Å². The van der Waals surface area contributed by atoms with Gasteiger partial charge < -0.3 is 16.0 Å². The van der Waals surface area contributed by atoms with Crippen LogP contribution in [0.15, 0.2) is 4.63 Å². The summed E-state index contributed by atoms with van der Waals surface area (Å²) in [6.07, 6.45) is 0.576. The Labute approximate surface area is 90.7 Å². The first kappa shape index (κ1) is 10.4. The van der Waals surface area contributed by atoms with Gasteiger partial charge in [-0.3, -0.25) is 9.59 Å². The quantitative estimate of drug-likeness (QED) is 0.640. The molecule has 3 N–H and O–H groups in total. The van der Waals surface area contributed by atoms with E-state index >= 15 is 0 Å². The molecule has 86 valence electrons. The summed E-state index contributed by atoms with van der Waals surface area (Å²) in [4.78, 5) is 24.7. The van der Waals surface area contributed by atoms with E-state index in [2.05, 4.69) is 20.3 Å². The van der Waals surface area contributed by atoms with Crippen LogP contribution in [0.25, 0.3) is 0 Å². The van der Waals surface area contributed by atoms with Crippen LogP contribution in [-0.2, 0) is 4.79 Å². The lowest BCUT2D eigenvalue weighted by Crippen LogP contribution is -2.40. The van der Waals surface area contributed by atoms with Gasteiger partial charge in [-0.1, -0.05) is 0 Å². The molecule has 0 bridgehead atoms. The van der Waals surface area contributed by atoms with Gasteiger partial charge in [0, 0.05) is 13.6 Å². The van der Waals surface area contributed by atoms with Crippen LogP contribution in [0.1, 0.15) is 16.9 Å². The van der Waals surface area contributed by atoms with Gasteiger partial charge in [-0.05, 0) is 16.7 Å². The van der Waals surface area contributed by atoms with Gasteiger partial charge in [0.15, 0.2) is 0 Å². The van der Waals surface area contributed by atoms with Crippen molar-refractivity contribution in [1.82, 2.24) is 20.5 Å². The van der Waals surface area contributed by atoms with E-state index in [1.165, 1.54) is 0 Å². The Balaban J connectivity index is 2.04. The Kier molecular flexibility index (Phi) is 2.47. The summed E-state index contributed by atoms with van der Waals surface area (Å²) < 4.78 is 4.30. The van der Waals surface area contributed by atoms with E-state index in [1.807, 2.05) is 0 Å². The first-order valence-electron chi connectivity index (χ1n) is 4.73. The molecule has 0 spiro atoms. The third-order valence-corrected chi connectivity index (χ3v) is 2.46. The van der Waals surface area contributed by atoms with E-state index in [1.54, 1.807) is 11.9 Å². The zero-order valence-corrected chi connectivity index (χ0v) is 8.64. The van der Waals surface area contributed by atoms with Crippen LogP contribution in [0.4, 0.5) is 5.82 Å². The van der Waals surface area contributed by atoms with Crippen LogP contribution in [0.3, 0.4) is 0 Å². The number of carbonyl (C=O) groups is 2. The van der Waals surface area contributed by atoms with Crippen molar-refractivity contribution in [3.8, 4) is 0 Å². The molecule has 1 saturated heterocycles. The van der Waals surface area contributed by atoms with Crippen LogP contribution in [0.5, 0.6) is 0 Å². The minimum Gasteiger partial charge on any atom is -0.379 e. The Morgan fingerprint density at radius 2 is 2.38 bits per heavy atom. The second kappa shape index (κ2) is 3.80. The predicted octanol–water partition coefficient (Wildman–Crippen LogP) is -1.39. The Morgan fingerprint density at radius 1 is 1.62 bits per heavy atom. The molecule has 0 aliphatic carbocycles. The van der Waals surface area contributed by atoms with Gasteiger partial charge in [0.1, 0.15) is 6.04 Å².